The average molecular weight is 330 g/mol. The third kappa shape index (κ3) is 9.70. The standard InChI is InChI=1S/C14H20O5.C2H6O2/c1-9(2)7-8-17-13(15)11-5-6-12(19-11)14(16)18-10(3)4;3-1-2-4/h5-6,9-10H,7-8H2,1-4H3;3-4H,1-2H2. The van der Waals surface area contributed by atoms with Crippen molar-refractivity contribution in [2.24, 2.45) is 5.92 Å². The minimum Gasteiger partial charge on any atom is -0.460 e. The molecule has 0 aromatic carbocycles. The molecule has 0 aliphatic heterocycles. The number of aliphatic hydroxyl groups is 2. The molecule has 7 heteroatoms. The Kier molecular flexibility index (Phi) is 10.7. The van der Waals surface area contributed by atoms with Gasteiger partial charge in [-0.05, 0) is 38.3 Å². The van der Waals surface area contributed by atoms with Crippen molar-refractivity contribution in [2.75, 3.05) is 19.8 Å². The zero-order valence-electron chi connectivity index (χ0n) is 14.1. The Labute approximate surface area is 136 Å². The summed E-state index contributed by atoms with van der Waals surface area (Å²) < 4.78 is 15.1. The van der Waals surface area contributed by atoms with E-state index in [0.717, 1.165) is 6.42 Å². The summed E-state index contributed by atoms with van der Waals surface area (Å²) in [6.45, 7) is 7.65. The van der Waals surface area contributed by atoms with Crippen molar-refractivity contribution in [3.05, 3.63) is 23.7 Å². The highest BCUT2D eigenvalue weighted by Gasteiger charge is 2.18. The Morgan fingerprint density at radius 1 is 1.04 bits per heavy atom. The molecule has 1 aromatic heterocycles. The Morgan fingerprint density at radius 2 is 1.57 bits per heavy atom. The maximum atomic E-state index is 11.6. The predicted octanol–water partition coefficient (Wildman–Crippen LogP) is 2.02. The third-order valence-corrected chi connectivity index (χ3v) is 2.38. The van der Waals surface area contributed by atoms with Crippen molar-refractivity contribution in [1.29, 1.82) is 0 Å². The monoisotopic (exact) mass is 330 g/mol. The van der Waals surface area contributed by atoms with Gasteiger partial charge >= 0.3 is 11.9 Å². The molecule has 23 heavy (non-hydrogen) atoms. The normalized spacial score (nSPS) is 10.3. The second kappa shape index (κ2) is 11.7. The smallest absolute Gasteiger partial charge is 0.374 e. The zero-order valence-corrected chi connectivity index (χ0v) is 14.1. The summed E-state index contributed by atoms with van der Waals surface area (Å²) in [6.07, 6.45) is 0.549. The van der Waals surface area contributed by atoms with Gasteiger partial charge in [0.05, 0.1) is 25.9 Å². The van der Waals surface area contributed by atoms with Gasteiger partial charge in [0.15, 0.2) is 0 Å². The van der Waals surface area contributed by atoms with E-state index in [-0.39, 0.29) is 30.8 Å². The van der Waals surface area contributed by atoms with Crippen LogP contribution in [0.3, 0.4) is 0 Å². The number of carbonyl (C=O) groups is 2. The lowest BCUT2D eigenvalue weighted by Gasteiger charge is -2.06. The number of hydrogen-bond acceptors (Lipinski definition) is 7. The highest BCUT2D eigenvalue weighted by Crippen LogP contribution is 2.12. The molecular weight excluding hydrogens is 304 g/mol. The van der Waals surface area contributed by atoms with Gasteiger partial charge in [-0.25, -0.2) is 9.59 Å². The fourth-order valence-electron chi connectivity index (χ4n) is 1.29. The zero-order chi connectivity index (χ0) is 17.8. The number of ether oxygens (including phenoxy) is 2. The van der Waals surface area contributed by atoms with Crippen molar-refractivity contribution in [1.82, 2.24) is 0 Å². The minimum atomic E-state index is -0.587. The molecule has 1 rings (SSSR count). The molecule has 1 heterocycles. The van der Waals surface area contributed by atoms with E-state index < -0.39 is 11.9 Å². The molecule has 0 saturated carbocycles. The highest BCUT2D eigenvalue weighted by molar-refractivity contribution is 5.90. The number of aliphatic hydroxyl groups excluding tert-OH is 2. The number of esters is 2. The maximum Gasteiger partial charge on any atom is 0.374 e. The number of hydrogen-bond donors (Lipinski definition) is 2. The van der Waals surface area contributed by atoms with Gasteiger partial charge in [0.2, 0.25) is 11.5 Å². The van der Waals surface area contributed by atoms with E-state index >= 15 is 0 Å². The molecule has 0 spiro atoms. The average Bonchev–Trinajstić information content (AvgIpc) is 2.96. The number of carbonyl (C=O) groups excluding carboxylic acids is 2. The molecule has 2 N–H and O–H groups in total. The van der Waals surface area contributed by atoms with Crippen LogP contribution in [0.25, 0.3) is 0 Å². The Morgan fingerprint density at radius 3 is 2.00 bits per heavy atom. The van der Waals surface area contributed by atoms with E-state index in [1.807, 2.05) is 13.8 Å². The number of rotatable bonds is 7. The van der Waals surface area contributed by atoms with Crippen molar-refractivity contribution < 1.29 is 33.7 Å². The van der Waals surface area contributed by atoms with Crippen LogP contribution in [-0.2, 0) is 9.47 Å². The molecule has 1 aromatic rings. The van der Waals surface area contributed by atoms with Gasteiger partial charge in [0.1, 0.15) is 0 Å². The maximum absolute atomic E-state index is 11.6. The van der Waals surface area contributed by atoms with Crippen LogP contribution in [0, 0.1) is 5.92 Å². The van der Waals surface area contributed by atoms with Gasteiger partial charge < -0.3 is 24.1 Å². The van der Waals surface area contributed by atoms with E-state index in [2.05, 4.69) is 0 Å². The van der Waals surface area contributed by atoms with Gasteiger partial charge in [0, 0.05) is 0 Å². The van der Waals surface area contributed by atoms with Gasteiger partial charge in [-0.2, -0.15) is 0 Å². The van der Waals surface area contributed by atoms with Crippen molar-refractivity contribution >= 4 is 11.9 Å². The third-order valence-electron chi connectivity index (χ3n) is 2.38. The summed E-state index contributed by atoms with van der Waals surface area (Å²) in [5.41, 5.74) is 0. The molecule has 0 bridgehead atoms. The van der Waals surface area contributed by atoms with E-state index in [0.29, 0.717) is 12.5 Å². The Balaban J connectivity index is 0.00000108. The molecule has 0 radical (unpaired) electrons. The van der Waals surface area contributed by atoms with Crippen LogP contribution in [0.15, 0.2) is 16.5 Å². The second-order valence-corrected chi connectivity index (χ2v) is 5.38. The number of furan rings is 1. The molecule has 132 valence electrons. The largest absolute Gasteiger partial charge is 0.460 e. The first kappa shape index (κ1) is 21.1. The lowest BCUT2D eigenvalue weighted by Crippen LogP contribution is -2.11. The Hall–Kier alpha value is -1.86. The fourth-order valence-corrected chi connectivity index (χ4v) is 1.29. The summed E-state index contributed by atoms with van der Waals surface area (Å²) in [5.74, 6) is -0.676. The van der Waals surface area contributed by atoms with E-state index in [9.17, 15) is 9.59 Å². The van der Waals surface area contributed by atoms with Gasteiger partial charge in [-0.3, -0.25) is 0 Å². The van der Waals surface area contributed by atoms with Crippen molar-refractivity contribution in [2.45, 2.75) is 40.2 Å². The lowest BCUT2D eigenvalue weighted by atomic mass is 10.1. The molecule has 0 amide bonds. The quantitative estimate of drug-likeness (QED) is 0.737. The molecular formula is C16H26O7. The van der Waals surface area contributed by atoms with E-state index in [1.165, 1.54) is 12.1 Å². The summed E-state index contributed by atoms with van der Waals surface area (Å²) in [4.78, 5) is 23.1. The van der Waals surface area contributed by atoms with Gasteiger partial charge in [0.25, 0.3) is 0 Å². The van der Waals surface area contributed by atoms with Crippen LogP contribution < -0.4 is 0 Å². The molecule has 0 unspecified atom stereocenters. The van der Waals surface area contributed by atoms with Crippen LogP contribution in [-0.4, -0.2) is 48.1 Å². The molecule has 0 atom stereocenters. The van der Waals surface area contributed by atoms with Crippen molar-refractivity contribution in [3.63, 3.8) is 0 Å². The SMILES string of the molecule is CC(C)CCOC(=O)c1ccc(C(=O)OC(C)C)o1.OCCO. The molecule has 0 fully saturated rings. The molecule has 7 nitrogen and oxygen atoms in total. The van der Waals surface area contributed by atoms with Crippen LogP contribution in [0.2, 0.25) is 0 Å². The van der Waals surface area contributed by atoms with E-state index in [1.54, 1.807) is 13.8 Å². The first-order valence-electron chi connectivity index (χ1n) is 7.51. The second-order valence-electron chi connectivity index (χ2n) is 5.38. The topological polar surface area (TPSA) is 106 Å². The van der Waals surface area contributed by atoms with Crippen molar-refractivity contribution in [3.8, 4) is 0 Å². The predicted molar refractivity (Wildman–Crippen MR) is 83.2 cm³/mol. The minimum absolute atomic E-state index is 0.00418. The first-order valence-corrected chi connectivity index (χ1v) is 7.51. The van der Waals surface area contributed by atoms with Crippen LogP contribution in [0.5, 0.6) is 0 Å². The van der Waals surface area contributed by atoms with Crippen LogP contribution in [0.4, 0.5) is 0 Å². The molecule has 0 aliphatic rings. The summed E-state index contributed by atoms with van der Waals surface area (Å²) in [5, 5.41) is 15.2. The lowest BCUT2D eigenvalue weighted by molar-refractivity contribution is 0.0332. The van der Waals surface area contributed by atoms with Crippen LogP contribution >= 0.6 is 0 Å². The summed E-state index contributed by atoms with van der Waals surface area (Å²) >= 11 is 0. The summed E-state index contributed by atoms with van der Waals surface area (Å²) in [6, 6.07) is 2.82. The fraction of sp³-hybridized carbons (Fsp3) is 0.625. The molecule has 0 aliphatic carbocycles. The first-order chi connectivity index (χ1) is 10.8. The Bertz CT molecular complexity index is 461. The van der Waals surface area contributed by atoms with Gasteiger partial charge in [-0.15, -0.1) is 0 Å². The summed E-state index contributed by atoms with van der Waals surface area (Å²) in [7, 11) is 0. The van der Waals surface area contributed by atoms with E-state index in [4.69, 9.17) is 24.1 Å². The van der Waals surface area contributed by atoms with Gasteiger partial charge in [-0.1, -0.05) is 13.8 Å². The molecule has 0 saturated heterocycles. The van der Waals surface area contributed by atoms with Crippen LogP contribution in [0.1, 0.15) is 55.2 Å². The highest BCUT2D eigenvalue weighted by atomic mass is 16.6.